The molecule has 1 heterocycles. The van der Waals surface area contributed by atoms with Crippen LogP contribution in [0.3, 0.4) is 0 Å². The van der Waals surface area contributed by atoms with Crippen LogP contribution in [0.4, 0.5) is 11.4 Å². The van der Waals surface area contributed by atoms with Gasteiger partial charge in [-0.1, -0.05) is 48.0 Å². The maximum absolute atomic E-state index is 12.7. The summed E-state index contributed by atoms with van der Waals surface area (Å²) in [7, 11) is 0. The molecular formula is C30H24BrClN2O5. The number of esters is 1. The Morgan fingerprint density at radius 1 is 1.05 bits per heavy atom. The monoisotopic (exact) mass is 606 g/mol. The van der Waals surface area contributed by atoms with Gasteiger partial charge in [0.2, 0.25) is 5.91 Å². The Hall–Kier alpha value is -3.88. The summed E-state index contributed by atoms with van der Waals surface area (Å²) in [6, 6.07) is 24.4. The van der Waals surface area contributed by atoms with Crippen molar-refractivity contribution >= 4 is 67.5 Å². The molecule has 1 aliphatic heterocycles. The lowest BCUT2D eigenvalue weighted by molar-refractivity contribution is -0.151. The zero-order chi connectivity index (χ0) is 27.5. The lowest BCUT2D eigenvalue weighted by Gasteiger charge is -2.17. The number of nitrogens with zero attached hydrogens (tertiary/aromatic N) is 1. The summed E-state index contributed by atoms with van der Waals surface area (Å²) in [5.74, 6) is -0.574. The highest BCUT2D eigenvalue weighted by molar-refractivity contribution is 9.10. The molecule has 1 N–H and O–H groups in total. The van der Waals surface area contributed by atoms with E-state index in [1.807, 2.05) is 49.4 Å². The normalized spacial score (nSPS) is 14.9. The van der Waals surface area contributed by atoms with Crippen molar-refractivity contribution in [3.05, 3.63) is 93.9 Å². The zero-order valence-electron chi connectivity index (χ0n) is 20.9. The highest BCUT2D eigenvalue weighted by Crippen LogP contribution is 2.33. The maximum atomic E-state index is 12.7. The lowest BCUT2D eigenvalue weighted by atomic mass is 10.1. The fourth-order valence-corrected chi connectivity index (χ4v) is 5.06. The number of anilines is 2. The summed E-state index contributed by atoms with van der Waals surface area (Å²) in [4.78, 5) is 39.2. The number of hydrogen-bond donors (Lipinski definition) is 1. The number of ether oxygens (including phenoxy) is 2. The molecule has 1 atom stereocenters. The summed E-state index contributed by atoms with van der Waals surface area (Å²) in [6.45, 7) is 1.53. The van der Waals surface area contributed by atoms with Crippen molar-refractivity contribution in [2.45, 2.75) is 13.3 Å². The molecule has 1 saturated heterocycles. The zero-order valence-corrected chi connectivity index (χ0v) is 23.3. The second-order valence-corrected chi connectivity index (χ2v) is 10.5. The number of hydrogen-bond acceptors (Lipinski definition) is 5. The Balaban J connectivity index is 1.17. The smallest absolute Gasteiger partial charge is 0.311 e. The van der Waals surface area contributed by atoms with Crippen LogP contribution in [0.1, 0.15) is 12.0 Å². The van der Waals surface area contributed by atoms with Crippen LogP contribution >= 0.6 is 27.5 Å². The first-order valence-corrected chi connectivity index (χ1v) is 13.4. The van der Waals surface area contributed by atoms with Gasteiger partial charge >= 0.3 is 5.97 Å². The number of nitrogens with one attached hydrogen (secondary N) is 1. The minimum absolute atomic E-state index is 0.0101. The van der Waals surface area contributed by atoms with E-state index in [-0.39, 0.29) is 18.9 Å². The SMILES string of the molecule is Cc1cc(Br)c(Cl)cc1NC(=O)COC(=O)[C@H]1CC(=O)N(c2ccc(Oc3cccc4ccccc34)cc2)C1. The van der Waals surface area contributed by atoms with Crippen LogP contribution in [-0.2, 0) is 19.1 Å². The van der Waals surface area contributed by atoms with Crippen molar-refractivity contribution in [3.63, 3.8) is 0 Å². The quantitative estimate of drug-likeness (QED) is 0.231. The van der Waals surface area contributed by atoms with Crippen LogP contribution in [-0.4, -0.2) is 30.9 Å². The third-order valence-corrected chi connectivity index (χ3v) is 7.67. The number of halogens is 2. The fourth-order valence-electron chi connectivity index (χ4n) is 4.44. The van der Waals surface area contributed by atoms with Crippen LogP contribution in [0, 0.1) is 12.8 Å². The van der Waals surface area contributed by atoms with E-state index in [0.717, 1.165) is 22.1 Å². The van der Waals surface area contributed by atoms with Gasteiger partial charge in [-0.3, -0.25) is 14.4 Å². The van der Waals surface area contributed by atoms with Crippen molar-refractivity contribution in [2.24, 2.45) is 5.92 Å². The largest absolute Gasteiger partial charge is 0.457 e. The van der Waals surface area contributed by atoms with Crippen molar-refractivity contribution in [3.8, 4) is 11.5 Å². The number of carbonyl (C=O) groups excluding carboxylic acids is 3. The van der Waals surface area contributed by atoms with Gasteiger partial charge < -0.3 is 19.7 Å². The molecule has 1 aliphatic rings. The van der Waals surface area contributed by atoms with Crippen molar-refractivity contribution in [1.29, 1.82) is 0 Å². The Morgan fingerprint density at radius 3 is 2.59 bits per heavy atom. The maximum Gasteiger partial charge on any atom is 0.311 e. The summed E-state index contributed by atoms with van der Waals surface area (Å²) >= 11 is 9.43. The number of benzene rings is 4. The topological polar surface area (TPSA) is 84.9 Å². The molecule has 0 bridgehead atoms. The first kappa shape index (κ1) is 26.7. The molecular weight excluding hydrogens is 584 g/mol. The standard InChI is InChI=1S/C30H24BrClN2O5/c1-18-13-24(31)25(32)15-26(18)33-28(35)17-38-30(37)20-14-29(36)34(16-20)21-9-11-22(12-10-21)39-27-8-4-6-19-5-2-3-7-23(19)27/h2-13,15,20H,14,16-17H2,1H3,(H,33,35)/t20-/m0/s1. The third-order valence-electron chi connectivity index (χ3n) is 6.47. The molecule has 198 valence electrons. The summed E-state index contributed by atoms with van der Waals surface area (Å²) in [6.07, 6.45) is 0.0101. The van der Waals surface area contributed by atoms with E-state index in [0.29, 0.717) is 26.6 Å². The van der Waals surface area contributed by atoms with Gasteiger partial charge in [0.15, 0.2) is 6.61 Å². The second kappa shape index (κ2) is 11.5. The summed E-state index contributed by atoms with van der Waals surface area (Å²) in [5.41, 5.74) is 1.98. The molecule has 7 nitrogen and oxygen atoms in total. The van der Waals surface area contributed by atoms with E-state index in [1.54, 1.807) is 41.3 Å². The van der Waals surface area contributed by atoms with Crippen molar-refractivity contribution < 1.29 is 23.9 Å². The Bertz CT molecular complexity index is 1570. The summed E-state index contributed by atoms with van der Waals surface area (Å²) < 4.78 is 12.0. The predicted octanol–water partition coefficient (Wildman–Crippen LogP) is 6.89. The molecule has 9 heteroatoms. The average Bonchev–Trinajstić information content (AvgIpc) is 3.32. The minimum Gasteiger partial charge on any atom is -0.457 e. The fraction of sp³-hybridized carbons (Fsp3) is 0.167. The Morgan fingerprint density at radius 2 is 1.79 bits per heavy atom. The van der Waals surface area contributed by atoms with E-state index in [2.05, 4.69) is 21.2 Å². The molecule has 4 aromatic carbocycles. The van der Waals surface area contributed by atoms with Gasteiger partial charge in [0.1, 0.15) is 11.5 Å². The number of fused-ring (bicyclic) bond motifs is 1. The number of aryl methyl sites for hydroxylation is 1. The molecule has 0 saturated carbocycles. The number of carbonyl (C=O) groups is 3. The molecule has 4 aromatic rings. The predicted molar refractivity (Wildman–Crippen MR) is 154 cm³/mol. The van der Waals surface area contributed by atoms with E-state index >= 15 is 0 Å². The van der Waals surface area contributed by atoms with Crippen LogP contribution in [0.5, 0.6) is 11.5 Å². The Kier molecular flexibility index (Phi) is 7.86. The van der Waals surface area contributed by atoms with Crippen molar-refractivity contribution in [1.82, 2.24) is 0 Å². The Labute approximate surface area is 238 Å². The molecule has 5 rings (SSSR count). The van der Waals surface area contributed by atoms with E-state index < -0.39 is 24.4 Å². The molecule has 1 fully saturated rings. The average molecular weight is 608 g/mol. The highest BCUT2D eigenvalue weighted by Gasteiger charge is 2.36. The molecule has 0 spiro atoms. The third kappa shape index (κ3) is 6.08. The minimum atomic E-state index is -0.666. The first-order chi connectivity index (χ1) is 18.8. The van der Waals surface area contributed by atoms with E-state index in [4.69, 9.17) is 21.1 Å². The van der Waals surface area contributed by atoms with Gasteiger partial charge in [-0.15, -0.1) is 0 Å². The second-order valence-electron chi connectivity index (χ2n) is 9.22. The van der Waals surface area contributed by atoms with Gasteiger partial charge in [0.25, 0.3) is 5.91 Å². The number of amides is 2. The molecule has 39 heavy (non-hydrogen) atoms. The first-order valence-electron chi connectivity index (χ1n) is 12.3. The van der Waals surface area contributed by atoms with Gasteiger partial charge in [-0.2, -0.15) is 0 Å². The molecule has 2 amide bonds. The molecule has 0 radical (unpaired) electrons. The van der Waals surface area contributed by atoms with E-state index in [9.17, 15) is 14.4 Å². The number of rotatable bonds is 7. The van der Waals surface area contributed by atoms with Crippen LogP contribution in [0.2, 0.25) is 5.02 Å². The van der Waals surface area contributed by atoms with Gasteiger partial charge in [0, 0.05) is 34.2 Å². The van der Waals surface area contributed by atoms with Gasteiger partial charge in [-0.25, -0.2) is 0 Å². The van der Waals surface area contributed by atoms with E-state index in [1.165, 1.54) is 0 Å². The summed E-state index contributed by atoms with van der Waals surface area (Å²) in [5, 5.41) is 5.22. The molecule has 0 aromatic heterocycles. The van der Waals surface area contributed by atoms with Crippen molar-refractivity contribution in [2.75, 3.05) is 23.4 Å². The van der Waals surface area contributed by atoms with Gasteiger partial charge in [0.05, 0.1) is 10.9 Å². The van der Waals surface area contributed by atoms with Crippen LogP contribution < -0.4 is 15.0 Å². The molecule has 0 unspecified atom stereocenters. The van der Waals surface area contributed by atoms with Gasteiger partial charge in [-0.05, 0) is 76.3 Å². The lowest BCUT2D eigenvalue weighted by Crippen LogP contribution is -2.28. The molecule has 0 aliphatic carbocycles. The highest BCUT2D eigenvalue weighted by atomic mass is 79.9. The van der Waals surface area contributed by atoms with Crippen LogP contribution in [0.25, 0.3) is 10.8 Å². The van der Waals surface area contributed by atoms with Crippen LogP contribution in [0.15, 0.2) is 83.3 Å².